The van der Waals surface area contributed by atoms with Crippen molar-refractivity contribution < 1.29 is 13.9 Å². The van der Waals surface area contributed by atoms with E-state index in [-0.39, 0.29) is 6.09 Å². The lowest BCUT2D eigenvalue weighted by atomic mass is 10.1. The molecule has 1 N–H and O–H groups in total. The minimum atomic E-state index is -0.234. The van der Waals surface area contributed by atoms with Gasteiger partial charge in [0.25, 0.3) is 0 Å². The molecule has 0 aliphatic carbocycles. The van der Waals surface area contributed by atoms with Gasteiger partial charge in [0, 0.05) is 19.1 Å². The van der Waals surface area contributed by atoms with Crippen LogP contribution in [0.5, 0.6) is 0 Å². The summed E-state index contributed by atoms with van der Waals surface area (Å²) in [7, 11) is 0. The number of aromatic nitrogens is 2. The van der Waals surface area contributed by atoms with Gasteiger partial charge >= 0.3 is 6.09 Å². The van der Waals surface area contributed by atoms with E-state index >= 15 is 0 Å². The van der Waals surface area contributed by atoms with Gasteiger partial charge in [-0.3, -0.25) is 0 Å². The average Bonchev–Trinajstić information content (AvgIpc) is 3.10. The summed E-state index contributed by atoms with van der Waals surface area (Å²) < 4.78 is 10.7. The molecule has 7 nitrogen and oxygen atoms in total. The van der Waals surface area contributed by atoms with E-state index < -0.39 is 0 Å². The number of halogens is 1. The van der Waals surface area contributed by atoms with Gasteiger partial charge in [0.15, 0.2) is 0 Å². The largest absolute Gasteiger partial charge is 0.450 e. The molecule has 0 saturated carbocycles. The number of hydrogen-bond donors (Lipinski definition) is 1. The lowest BCUT2D eigenvalue weighted by Crippen LogP contribution is -2.44. The van der Waals surface area contributed by atoms with Crippen molar-refractivity contribution in [1.29, 1.82) is 0 Å². The summed E-state index contributed by atoms with van der Waals surface area (Å²) in [6.45, 7) is 4.08. The number of ether oxygens (including phenoxy) is 1. The molecule has 1 aliphatic heterocycles. The van der Waals surface area contributed by atoms with Crippen molar-refractivity contribution in [3.05, 3.63) is 35.2 Å². The number of piperidine rings is 1. The number of benzene rings is 1. The topological polar surface area (TPSA) is 80.5 Å². The van der Waals surface area contributed by atoms with Crippen LogP contribution in [0.3, 0.4) is 0 Å². The summed E-state index contributed by atoms with van der Waals surface area (Å²) in [6.07, 6.45) is 1.50. The Bertz CT molecular complexity index is 713. The van der Waals surface area contributed by atoms with E-state index in [9.17, 15) is 4.79 Å². The molecule has 0 atom stereocenters. The molecule has 25 heavy (non-hydrogen) atoms. The minimum Gasteiger partial charge on any atom is -0.450 e. The van der Waals surface area contributed by atoms with Gasteiger partial charge in [-0.25, -0.2) is 4.79 Å². The SMILES string of the molecule is CCOC(=O)N1CCC(NCc2nnc(-c3ccccc3Cl)o2)CC1. The molecule has 0 bridgehead atoms. The Kier molecular flexibility index (Phi) is 5.88. The number of nitrogens with one attached hydrogen (secondary N) is 1. The van der Waals surface area contributed by atoms with E-state index in [2.05, 4.69) is 15.5 Å². The van der Waals surface area contributed by atoms with Gasteiger partial charge in [0.2, 0.25) is 11.8 Å². The maximum Gasteiger partial charge on any atom is 0.409 e. The van der Waals surface area contributed by atoms with Gasteiger partial charge in [-0.2, -0.15) is 0 Å². The number of nitrogens with zero attached hydrogens (tertiary/aromatic N) is 3. The predicted molar refractivity (Wildman–Crippen MR) is 93.2 cm³/mol. The van der Waals surface area contributed by atoms with Crippen molar-refractivity contribution in [3.63, 3.8) is 0 Å². The van der Waals surface area contributed by atoms with Crippen LogP contribution < -0.4 is 5.32 Å². The summed E-state index contributed by atoms with van der Waals surface area (Å²) in [5.41, 5.74) is 0.727. The van der Waals surface area contributed by atoms with Gasteiger partial charge in [-0.1, -0.05) is 23.7 Å². The molecule has 3 rings (SSSR count). The predicted octanol–water partition coefficient (Wildman–Crippen LogP) is 3.10. The highest BCUT2D eigenvalue weighted by atomic mass is 35.5. The summed E-state index contributed by atoms with van der Waals surface area (Å²) in [5, 5.41) is 12.1. The number of likely N-dealkylation sites (tertiary alicyclic amines) is 1. The van der Waals surface area contributed by atoms with Crippen LogP contribution in [0.4, 0.5) is 4.79 Å². The normalized spacial score (nSPS) is 15.4. The average molecular weight is 365 g/mol. The van der Waals surface area contributed by atoms with Crippen LogP contribution in [0, 0.1) is 0 Å². The van der Waals surface area contributed by atoms with Gasteiger partial charge in [0.1, 0.15) is 0 Å². The van der Waals surface area contributed by atoms with Crippen molar-refractivity contribution in [3.8, 4) is 11.5 Å². The van der Waals surface area contributed by atoms with E-state index in [1.807, 2.05) is 25.1 Å². The van der Waals surface area contributed by atoms with Crippen LogP contribution in [-0.2, 0) is 11.3 Å². The Morgan fingerprint density at radius 1 is 1.36 bits per heavy atom. The number of carbonyl (C=O) groups excluding carboxylic acids is 1. The van der Waals surface area contributed by atoms with Gasteiger partial charge in [0.05, 0.1) is 23.7 Å². The summed E-state index contributed by atoms with van der Waals surface area (Å²) >= 11 is 6.14. The number of hydrogen-bond acceptors (Lipinski definition) is 6. The molecule has 8 heteroatoms. The highest BCUT2D eigenvalue weighted by Gasteiger charge is 2.23. The summed E-state index contributed by atoms with van der Waals surface area (Å²) in [5.74, 6) is 0.933. The smallest absolute Gasteiger partial charge is 0.409 e. The molecule has 0 spiro atoms. The Morgan fingerprint density at radius 3 is 2.84 bits per heavy atom. The molecule has 1 saturated heterocycles. The lowest BCUT2D eigenvalue weighted by Gasteiger charge is -2.31. The van der Waals surface area contributed by atoms with Crippen LogP contribution in [0.2, 0.25) is 5.02 Å². The lowest BCUT2D eigenvalue weighted by molar-refractivity contribution is 0.0948. The highest BCUT2D eigenvalue weighted by molar-refractivity contribution is 6.33. The number of rotatable bonds is 5. The Morgan fingerprint density at radius 2 is 2.12 bits per heavy atom. The monoisotopic (exact) mass is 364 g/mol. The third-order valence-electron chi connectivity index (χ3n) is 4.13. The second-order valence-corrected chi connectivity index (χ2v) is 6.23. The molecular weight excluding hydrogens is 344 g/mol. The number of amides is 1. The van der Waals surface area contributed by atoms with Crippen molar-refractivity contribution >= 4 is 17.7 Å². The van der Waals surface area contributed by atoms with E-state index in [4.69, 9.17) is 20.8 Å². The van der Waals surface area contributed by atoms with Gasteiger partial charge in [-0.05, 0) is 31.9 Å². The van der Waals surface area contributed by atoms with Crippen molar-refractivity contribution in [2.24, 2.45) is 0 Å². The van der Waals surface area contributed by atoms with E-state index in [0.29, 0.717) is 49.1 Å². The van der Waals surface area contributed by atoms with Crippen LogP contribution in [-0.4, -0.2) is 46.9 Å². The van der Waals surface area contributed by atoms with E-state index in [1.54, 1.807) is 11.0 Å². The zero-order valence-corrected chi connectivity index (χ0v) is 14.8. The second-order valence-electron chi connectivity index (χ2n) is 5.82. The first-order valence-electron chi connectivity index (χ1n) is 8.39. The molecule has 2 aromatic rings. The number of carbonyl (C=O) groups is 1. The standard InChI is InChI=1S/C17H21ClN4O3/c1-2-24-17(23)22-9-7-12(8-10-22)19-11-15-20-21-16(25-15)13-5-3-4-6-14(13)18/h3-6,12,19H,2,7-11H2,1H3. The molecule has 2 heterocycles. The second kappa shape index (κ2) is 8.31. The third kappa shape index (κ3) is 4.49. The Hall–Kier alpha value is -2.12. The maximum atomic E-state index is 11.7. The van der Waals surface area contributed by atoms with Crippen LogP contribution in [0.15, 0.2) is 28.7 Å². The van der Waals surface area contributed by atoms with Crippen molar-refractivity contribution in [1.82, 2.24) is 20.4 Å². The Balaban J connectivity index is 1.49. The zero-order valence-electron chi connectivity index (χ0n) is 14.1. The molecule has 0 unspecified atom stereocenters. The summed E-state index contributed by atoms with van der Waals surface area (Å²) in [4.78, 5) is 13.4. The first-order chi connectivity index (χ1) is 12.2. The van der Waals surface area contributed by atoms with Crippen molar-refractivity contribution in [2.75, 3.05) is 19.7 Å². The molecule has 1 aromatic heterocycles. The quantitative estimate of drug-likeness (QED) is 0.878. The van der Waals surface area contributed by atoms with Gasteiger partial charge in [-0.15, -0.1) is 10.2 Å². The van der Waals surface area contributed by atoms with Gasteiger partial charge < -0.3 is 19.4 Å². The summed E-state index contributed by atoms with van der Waals surface area (Å²) in [6, 6.07) is 7.67. The molecular formula is C17H21ClN4O3. The first-order valence-corrected chi connectivity index (χ1v) is 8.77. The minimum absolute atomic E-state index is 0.234. The fourth-order valence-electron chi connectivity index (χ4n) is 2.78. The Labute approximate surface area is 151 Å². The highest BCUT2D eigenvalue weighted by Crippen LogP contribution is 2.26. The third-order valence-corrected chi connectivity index (χ3v) is 4.46. The van der Waals surface area contributed by atoms with E-state index in [1.165, 1.54) is 0 Å². The first kappa shape index (κ1) is 17.7. The molecule has 134 valence electrons. The maximum absolute atomic E-state index is 11.7. The zero-order chi connectivity index (χ0) is 17.6. The van der Waals surface area contributed by atoms with Crippen molar-refractivity contribution in [2.45, 2.75) is 32.4 Å². The van der Waals surface area contributed by atoms with Crippen LogP contribution in [0.1, 0.15) is 25.7 Å². The molecule has 1 aromatic carbocycles. The molecule has 1 aliphatic rings. The molecule has 1 fully saturated rings. The van der Waals surface area contributed by atoms with E-state index in [0.717, 1.165) is 18.4 Å². The molecule has 0 radical (unpaired) electrons. The van der Waals surface area contributed by atoms with Crippen LogP contribution >= 0.6 is 11.6 Å². The fourth-order valence-corrected chi connectivity index (χ4v) is 3.00. The fraction of sp³-hybridized carbons (Fsp3) is 0.471. The van der Waals surface area contributed by atoms with Crippen LogP contribution in [0.25, 0.3) is 11.5 Å². The molecule has 1 amide bonds.